The lowest BCUT2D eigenvalue weighted by atomic mass is 9.97. The summed E-state index contributed by atoms with van der Waals surface area (Å²) in [6.07, 6.45) is 1.15. The molecule has 1 aromatic rings. The van der Waals surface area contributed by atoms with Gasteiger partial charge in [-0.15, -0.1) is 0 Å². The maximum atomic E-state index is 12.7. The van der Waals surface area contributed by atoms with Crippen molar-refractivity contribution in [1.82, 2.24) is 10.3 Å². The summed E-state index contributed by atoms with van der Waals surface area (Å²) in [4.78, 5) is 41.1. The quantitative estimate of drug-likeness (QED) is 0.557. The fourth-order valence-corrected chi connectivity index (χ4v) is 2.78. The van der Waals surface area contributed by atoms with Crippen LogP contribution in [0.15, 0.2) is 12.3 Å². The van der Waals surface area contributed by atoms with Crippen molar-refractivity contribution < 1.29 is 29.0 Å². The third kappa shape index (κ3) is 6.71. The highest BCUT2D eigenvalue weighted by atomic mass is 16.6. The highest BCUT2D eigenvalue weighted by Crippen LogP contribution is 2.21. The maximum absolute atomic E-state index is 12.7. The Kier molecular flexibility index (Phi) is 9.75. The normalized spacial score (nSPS) is 15.1. The number of esters is 2. The fourth-order valence-electron chi connectivity index (χ4n) is 2.78. The molecule has 168 valence electrons. The molecule has 0 spiro atoms. The molecule has 0 aliphatic heterocycles. The summed E-state index contributed by atoms with van der Waals surface area (Å²) in [5.74, 6) is -2.21. The van der Waals surface area contributed by atoms with Crippen molar-refractivity contribution >= 4 is 17.8 Å². The Balaban J connectivity index is 2.88. The van der Waals surface area contributed by atoms with E-state index < -0.39 is 30.1 Å². The molecule has 2 N–H and O–H groups in total. The minimum Gasteiger partial charge on any atom is -0.505 e. The van der Waals surface area contributed by atoms with Crippen molar-refractivity contribution in [2.45, 2.75) is 79.6 Å². The third-order valence-corrected chi connectivity index (χ3v) is 5.03. The number of hydrogen-bond donors (Lipinski definition) is 2. The van der Waals surface area contributed by atoms with Gasteiger partial charge in [0.1, 0.15) is 24.0 Å². The second-order valence-electron chi connectivity index (χ2n) is 7.84. The predicted octanol–water partition coefficient (Wildman–Crippen LogP) is 3.15. The number of nitrogens with one attached hydrogen (secondary N) is 1. The molecule has 4 atom stereocenters. The lowest BCUT2D eigenvalue weighted by Gasteiger charge is -2.30. The molecule has 1 amide bonds. The molecule has 1 aromatic heterocycles. The van der Waals surface area contributed by atoms with Crippen molar-refractivity contribution in [2.75, 3.05) is 0 Å². The van der Waals surface area contributed by atoms with E-state index in [2.05, 4.69) is 10.3 Å². The summed E-state index contributed by atoms with van der Waals surface area (Å²) in [7, 11) is 0. The van der Waals surface area contributed by atoms with Crippen LogP contribution in [0.25, 0.3) is 0 Å². The number of aromatic hydroxyl groups is 1. The first-order valence-corrected chi connectivity index (χ1v) is 10.4. The molecule has 0 aromatic carbocycles. The van der Waals surface area contributed by atoms with E-state index in [1.165, 1.54) is 6.20 Å². The van der Waals surface area contributed by atoms with Crippen LogP contribution in [0.1, 0.15) is 70.4 Å². The van der Waals surface area contributed by atoms with Gasteiger partial charge in [0.15, 0.2) is 5.69 Å². The van der Waals surface area contributed by atoms with Crippen LogP contribution in [0.5, 0.6) is 5.75 Å². The summed E-state index contributed by atoms with van der Waals surface area (Å²) < 4.78 is 11.1. The van der Waals surface area contributed by atoms with E-state index in [9.17, 15) is 19.5 Å². The number of aryl methyl sites for hydroxylation is 1. The molecule has 0 unspecified atom stereocenters. The second-order valence-corrected chi connectivity index (χ2v) is 7.84. The van der Waals surface area contributed by atoms with Gasteiger partial charge < -0.3 is 19.9 Å². The van der Waals surface area contributed by atoms with Crippen LogP contribution in [-0.2, 0) is 19.1 Å². The Hall–Kier alpha value is -2.64. The molecular formula is C22H34N2O6. The summed E-state index contributed by atoms with van der Waals surface area (Å²) >= 11 is 0. The van der Waals surface area contributed by atoms with Gasteiger partial charge in [0.25, 0.3) is 5.91 Å². The van der Waals surface area contributed by atoms with E-state index in [0.717, 1.165) is 6.42 Å². The van der Waals surface area contributed by atoms with Crippen LogP contribution in [0.2, 0.25) is 0 Å². The molecule has 0 fully saturated rings. The number of nitrogens with zero attached hydrogens (tertiary/aromatic N) is 1. The largest absolute Gasteiger partial charge is 0.505 e. The van der Waals surface area contributed by atoms with Gasteiger partial charge in [-0.05, 0) is 44.2 Å². The summed E-state index contributed by atoms with van der Waals surface area (Å²) in [6, 6.07) is 0.646. The van der Waals surface area contributed by atoms with Gasteiger partial charge in [0.05, 0.1) is 5.92 Å². The standard InChI is InChI=1S/C22H34N2O6/c1-8-13(5)19(30-21(27)12(3)4)15(7)29-22(28)16(9-2)24-20(26)17-18(25)14(6)10-11-23-17/h10-13,15-16,19,25H,8-9H2,1-7H3,(H,24,26)/t13-,15+,16+,19-/m1/s1. The minimum atomic E-state index is -0.931. The van der Waals surface area contributed by atoms with Gasteiger partial charge in [-0.25, -0.2) is 9.78 Å². The average Bonchev–Trinajstić information content (AvgIpc) is 2.70. The molecule has 0 saturated heterocycles. The maximum Gasteiger partial charge on any atom is 0.329 e. The minimum absolute atomic E-state index is 0.0152. The fraction of sp³-hybridized carbons (Fsp3) is 0.636. The highest BCUT2D eigenvalue weighted by molar-refractivity contribution is 5.97. The second kappa shape index (κ2) is 11.5. The van der Waals surface area contributed by atoms with Crippen LogP contribution in [0.4, 0.5) is 0 Å². The first kappa shape index (κ1) is 25.4. The first-order chi connectivity index (χ1) is 14.0. The number of pyridine rings is 1. The van der Waals surface area contributed by atoms with E-state index in [1.807, 2.05) is 13.8 Å². The van der Waals surface area contributed by atoms with Crippen LogP contribution in [0.3, 0.4) is 0 Å². The van der Waals surface area contributed by atoms with Gasteiger partial charge in [-0.2, -0.15) is 0 Å². The van der Waals surface area contributed by atoms with Crippen LogP contribution in [-0.4, -0.2) is 46.2 Å². The first-order valence-electron chi connectivity index (χ1n) is 10.4. The van der Waals surface area contributed by atoms with E-state index in [-0.39, 0.29) is 35.7 Å². The zero-order valence-corrected chi connectivity index (χ0v) is 18.9. The lowest BCUT2D eigenvalue weighted by molar-refractivity contribution is -0.174. The molecule has 8 nitrogen and oxygen atoms in total. The number of ether oxygens (including phenoxy) is 2. The molecule has 0 saturated carbocycles. The number of amides is 1. The van der Waals surface area contributed by atoms with Crippen molar-refractivity contribution in [3.8, 4) is 5.75 Å². The number of hydrogen-bond acceptors (Lipinski definition) is 7. The zero-order valence-electron chi connectivity index (χ0n) is 18.9. The third-order valence-electron chi connectivity index (χ3n) is 5.03. The molecule has 0 aliphatic carbocycles. The summed E-state index contributed by atoms with van der Waals surface area (Å²) in [5.41, 5.74) is 0.348. The molecule has 30 heavy (non-hydrogen) atoms. The van der Waals surface area contributed by atoms with E-state index >= 15 is 0 Å². The highest BCUT2D eigenvalue weighted by Gasteiger charge is 2.32. The summed E-state index contributed by atoms with van der Waals surface area (Å²) in [6.45, 7) is 12.4. The van der Waals surface area contributed by atoms with Crippen molar-refractivity contribution in [2.24, 2.45) is 11.8 Å². The Morgan fingerprint density at radius 3 is 2.23 bits per heavy atom. The van der Waals surface area contributed by atoms with Crippen molar-refractivity contribution in [1.29, 1.82) is 0 Å². The van der Waals surface area contributed by atoms with Gasteiger partial charge in [-0.1, -0.05) is 34.6 Å². The predicted molar refractivity (Wildman–Crippen MR) is 112 cm³/mol. The summed E-state index contributed by atoms with van der Waals surface area (Å²) in [5, 5.41) is 12.6. The van der Waals surface area contributed by atoms with Crippen LogP contribution in [0, 0.1) is 18.8 Å². The number of aromatic nitrogens is 1. The Labute approximate surface area is 178 Å². The molecule has 0 bridgehead atoms. The molecule has 1 heterocycles. The van der Waals surface area contributed by atoms with E-state index in [1.54, 1.807) is 40.7 Å². The van der Waals surface area contributed by atoms with Gasteiger partial charge >= 0.3 is 11.9 Å². The van der Waals surface area contributed by atoms with Gasteiger partial charge in [-0.3, -0.25) is 9.59 Å². The van der Waals surface area contributed by atoms with E-state index in [0.29, 0.717) is 5.56 Å². The topological polar surface area (TPSA) is 115 Å². The molecule has 0 aliphatic rings. The monoisotopic (exact) mass is 422 g/mol. The molecule has 1 rings (SSSR count). The molecule has 0 radical (unpaired) electrons. The van der Waals surface area contributed by atoms with Crippen LogP contribution < -0.4 is 5.32 Å². The SMILES string of the molecule is CC[C@H](NC(=O)c1nccc(C)c1O)C(=O)O[C@@H](C)[C@H](OC(=O)C(C)C)[C@H](C)CC. The van der Waals surface area contributed by atoms with Crippen molar-refractivity contribution in [3.63, 3.8) is 0 Å². The van der Waals surface area contributed by atoms with E-state index in [4.69, 9.17) is 9.47 Å². The number of rotatable bonds is 10. The van der Waals surface area contributed by atoms with Gasteiger partial charge in [0, 0.05) is 6.20 Å². The number of carbonyl (C=O) groups excluding carboxylic acids is 3. The Morgan fingerprint density at radius 1 is 1.07 bits per heavy atom. The molecule has 8 heteroatoms. The lowest BCUT2D eigenvalue weighted by Crippen LogP contribution is -2.45. The smallest absolute Gasteiger partial charge is 0.329 e. The number of carbonyl (C=O) groups is 3. The Bertz CT molecular complexity index is 749. The molecular weight excluding hydrogens is 388 g/mol. The van der Waals surface area contributed by atoms with Crippen molar-refractivity contribution in [3.05, 3.63) is 23.5 Å². The van der Waals surface area contributed by atoms with Crippen LogP contribution >= 0.6 is 0 Å². The Morgan fingerprint density at radius 2 is 1.70 bits per heavy atom. The van der Waals surface area contributed by atoms with Gasteiger partial charge in [0.2, 0.25) is 0 Å². The zero-order chi connectivity index (χ0) is 23.0. The average molecular weight is 423 g/mol.